The van der Waals surface area contributed by atoms with Crippen molar-refractivity contribution in [2.24, 2.45) is 4.99 Å². The molecule has 1 fully saturated rings. The van der Waals surface area contributed by atoms with Crippen LogP contribution in [-0.4, -0.2) is 49.4 Å². The van der Waals surface area contributed by atoms with Crippen LogP contribution in [0, 0.1) is 20.8 Å². The van der Waals surface area contributed by atoms with E-state index < -0.39 is 6.04 Å². The van der Waals surface area contributed by atoms with Crippen LogP contribution in [0.4, 0.5) is 11.5 Å². The number of nitrogens with one attached hydrogen (secondary N) is 3. The van der Waals surface area contributed by atoms with E-state index in [1.54, 1.807) is 17.5 Å². The van der Waals surface area contributed by atoms with Gasteiger partial charge in [0.15, 0.2) is 5.82 Å². The first-order valence-electron chi connectivity index (χ1n) is 17.0. The topological polar surface area (TPSA) is 126 Å². The Morgan fingerprint density at radius 2 is 1.76 bits per heavy atom. The number of carbonyl (C=O) groups excluding carboxylic acids is 2. The number of rotatable bonds is 7. The summed E-state index contributed by atoms with van der Waals surface area (Å²) >= 11 is 7.95. The highest BCUT2D eigenvalue weighted by molar-refractivity contribution is 7.15. The lowest BCUT2D eigenvalue weighted by Gasteiger charge is -2.30. The number of nitrogens with zero attached hydrogens (tertiary/aromatic N) is 5. The summed E-state index contributed by atoms with van der Waals surface area (Å²) in [5.74, 6) is 2.25. The zero-order chi connectivity index (χ0) is 34.5. The molecule has 0 radical (unpaired) electrons. The van der Waals surface area contributed by atoms with Crippen LogP contribution in [0.5, 0.6) is 0 Å². The highest BCUT2D eigenvalue weighted by Crippen LogP contribution is 2.40. The molecule has 2 aromatic carbocycles. The summed E-state index contributed by atoms with van der Waals surface area (Å²) in [5, 5.41) is 20.6. The number of benzene rings is 2. The van der Waals surface area contributed by atoms with Gasteiger partial charge in [-0.15, -0.1) is 21.5 Å². The molecule has 8 rings (SSSR count). The molecule has 3 N–H and O–H groups in total. The number of pyridine rings is 1. The predicted molar refractivity (Wildman–Crippen MR) is 198 cm³/mol. The van der Waals surface area contributed by atoms with Gasteiger partial charge < -0.3 is 16.0 Å². The summed E-state index contributed by atoms with van der Waals surface area (Å²) in [6.45, 7) is 6.19. The zero-order valence-electron chi connectivity index (χ0n) is 28.1. The maximum Gasteiger partial charge on any atom is 0.228 e. The Balaban J connectivity index is 0.962. The van der Waals surface area contributed by atoms with Crippen LogP contribution in [-0.2, 0) is 16.0 Å². The Morgan fingerprint density at radius 3 is 2.56 bits per heavy atom. The molecule has 3 aliphatic rings. The van der Waals surface area contributed by atoms with Gasteiger partial charge in [0, 0.05) is 50.6 Å². The quantitative estimate of drug-likeness (QED) is 0.163. The molecule has 2 aliphatic heterocycles. The van der Waals surface area contributed by atoms with Crippen LogP contribution in [0.25, 0.3) is 16.1 Å². The molecule has 12 heteroatoms. The Hall–Kier alpha value is -4.87. The molecular formula is C38H37ClN8O2S. The highest BCUT2D eigenvalue weighted by Gasteiger charge is 2.33. The maximum absolute atomic E-state index is 13.7. The third-order valence-corrected chi connectivity index (χ3v) is 11.5. The fraction of sp³-hybridized carbons (Fsp3) is 0.316. The van der Waals surface area contributed by atoms with Crippen molar-refractivity contribution in [3.63, 3.8) is 0 Å². The third-order valence-electron chi connectivity index (χ3n) is 10.0. The van der Waals surface area contributed by atoms with Gasteiger partial charge in [-0.3, -0.25) is 19.1 Å². The van der Waals surface area contributed by atoms with E-state index in [1.165, 1.54) is 4.88 Å². The minimum atomic E-state index is -0.505. The van der Waals surface area contributed by atoms with E-state index in [0.717, 1.165) is 87.1 Å². The average Bonchev–Trinajstić information content (AvgIpc) is 3.74. The van der Waals surface area contributed by atoms with Crippen molar-refractivity contribution in [3.8, 4) is 16.1 Å². The van der Waals surface area contributed by atoms with Gasteiger partial charge in [0.05, 0.1) is 18.6 Å². The van der Waals surface area contributed by atoms with Crippen molar-refractivity contribution in [3.05, 3.63) is 105 Å². The van der Waals surface area contributed by atoms with Gasteiger partial charge >= 0.3 is 0 Å². The van der Waals surface area contributed by atoms with E-state index in [9.17, 15) is 9.59 Å². The maximum atomic E-state index is 13.7. The van der Waals surface area contributed by atoms with Crippen LogP contribution in [0.1, 0.15) is 76.9 Å². The van der Waals surface area contributed by atoms with Gasteiger partial charge in [-0.2, -0.15) is 0 Å². The van der Waals surface area contributed by atoms with E-state index in [-0.39, 0.29) is 30.3 Å². The molecule has 0 unspecified atom stereocenters. The van der Waals surface area contributed by atoms with Gasteiger partial charge in [0.1, 0.15) is 22.7 Å². The molecule has 0 bridgehead atoms. The normalized spacial score (nSPS) is 19.5. The van der Waals surface area contributed by atoms with E-state index in [0.29, 0.717) is 17.3 Å². The van der Waals surface area contributed by atoms with Gasteiger partial charge in [-0.05, 0) is 99.5 Å². The van der Waals surface area contributed by atoms with E-state index >= 15 is 0 Å². The Bertz CT molecular complexity index is 2160. The van der Waals surface area contributed by atoms with Crippen LogP contribution >= 0.6 is 22.9 Å². The summed E-state index contributed by atoms with van der Waals surface area (Å²) < 4.78 is 2.08. The standard InChI is InChI=1S/C38H37ClN8O2S/c1-20-21(2)50-38-34(20)35(23-6-9-26(39)10-7-23)44-31(37-46-45-22(3)47(37)38)19-33(49)41-27-11-13-28(14-12-27)42-36-29(5-4-16-40-36)24-8-15-30-25(17-24)18-32(48)43-30/h4-10,15-17,27-28,31H,11-14,18-19H2,1-3H3,(H,40,42)(H,41,49)(H,43,48)/t27?,28?,31-/m0/s1. The summed E-state index contributed by atoms with van der Waals surface area (Å²) in [6.07, 6.45) is 5.87. The van der Waals surface area contributed by atoms with E-state index in [1.807, 2.05) is 49.4 Å². The number of fused-ring (bicyclic) bond motifs is 4. The second-order valence-electron chi connectivity index (χ2n) is 13.4. The van der Waals surface area contributed by atoms with Gasteiger partial charge in [0.25, 0.3) is 0 Å². The minimum Gasteiger partial charge on any atom is -0.367 e. The molecule has 254 valence electrons. The molecule has 2 amide bonds. The monoisotopic (exact) mass is 704 g/mol. The van der Waals surface area contributed by atoms with Crippen molar-refractivity contribution >= 4 is 52.0 Å². The van der Waals surface area contributed by atoms with Crippen molar-refractivity contribution in [2.45, 2.75) is 77.4 Å². The second-order valence-corrected chi connectivity index (χ2v) is 15.0. The molecule has 50 heavy (non-hydrogen) atoms. The lowest BCUT2D eigenvalue weighted by Crippen LogP contribution is -2.40. The zero-order valence-corrected chi connectivity index (χ0v) is 29.7. The molecule has 1 saturated carbocycles. The lowest BCUT2D eigenvalue weighted by atomic mass is 9.90. The summed E-state index contributed by atoms with van der Waals surface area (Å²) in [5.41, 5.74) is 7.92. The molecule has 3 aromatic heterocycles. The SMILES string of the molecule is Cc1sc2c(c1C)C(c1ccc(Cl)cc1)=N[C@@H](CC(=O)NC1CCC(Nc3ncccc3-c3ccc4c(c3)CC(=O)N4)CC1)c1nnc(C)n1-2. The van der Waals surface area contributed by atoms with Crippen LogP contribution in [0.2, 0.25) is 5.02 Å². The van der Waals surface area contributed by atoms with Gasteiger partial charge in [-0.25, -0.2) is 4.98 Å². The number of anilines is 2. The Labute approximate surface area is 299 Å². The smallest absolute Gasteiger partial charge is 0.228 e. The number of amides is 2. The van der Waals surface area contributed by atoms with Crippen LogP contribution in [0.3, 0.4) is 0 Å². The van der Waals surface area contributed by atoms with Crippen molar-refractivity contribution < 1.29 is 9.59 Å². The molecule has 0 saturated heterocycles. The fourth-order valence-electron chi connectivity index (χ4n) is 7.32. The van der Waals surface area contributed by atoms with E-state index in [4.69, 9.17) is 16.6 Å². The van der Waals surface area contributed by atoms with Gasteiger partial charge in [-0.1, -0.05) is 29.8 Å². The predicted octanol–water partition coefficient (Wildman–Crippen LogP) is 7.29. The number of halogens is 1. The summed E-state index contributed by atoms with van der Waals surface area (Å²) in [4.78, 5) is 36.7. The average molecular weight is 705 g/mol. The number of hydrogen-bond acceptors (Lipinski definition) is 8. The minimum absolute atomic E-state index is 0.0237. The number of aromatic nitrogens is 4. The molecule has 0 spiro atoms. The summed E-state index contributed by atoms with van der Waals surface area (Å²) in [6, 6.07) is 17.6. The first-order valence-corrected chi connectivity index (χ1v) is 18.2. The molecule has 5 heterocycles. The fourth-order valence-corrected chi connectivity index (χ4v) is 8.66. The van der Waals surface area contributed by atoms with Crippen LogP contribution in [0.15, 0.2) is 65.8 Å². The number of aryl methyl sites for hydroxylation is 2. The van der Waals surface area contributed by atoms with Crippen molar-refractivity contribution in [2.75, 3.05) is 10.6 Å². The molecular weight excluding hydrogens is 668 g/mol. The third kappa shape index (κ3) is 6.09. The number of hydrogen-bond donors (Lipinski definition) is 3. The van der Waals surface area contributed by atoms with Crippen LogP contribution < -0.4 is 16.0 Å². The first kappa shape index (κ1) is 32.3. The molecule has 5 aromatic rings. The number of aliphatic imine (C=N–C) groups is 1. The lowest BCUT2D eigenvalue weighted by molar-refractivity contribution is -0.122. The largest absolute Gasteiger partial charge is 0.367 e. The molecule has 10 nitrogen and oxygen atoms in total. The number of carbonyl (C=O) groups is 2. The Kier molecular flexibility index (Phi) is 8.48. The van der Waals surface area contributed by atoms with Crippen molar-refractivity contribution in [1.29, 1.82) is 0 Å². The molecule has 1 aliphatic carbocycles. The van der Waals surface area contributed by atoms with Gasteiger partial charge in [0.2, 0.25) is 11.8 Å². The first-order chi connectivity index (χ1) is 24.2. The Morgan fingerprint density at radius 1 is 1.00 bits per heavy atom. The van der Waals surface area contributed by atoms with Crippen molar-refractivity contribution in [1.82, 2.24) is 25.1 Å². The summed E-state index contributed by atoms with van der Waals surface area (Å²) in [7, 11) is 0. The van der Waals surface area contributed by atoms with E-state index in [2.05, 4.69) is 61.7 Å². The highest BCUT2D eigenvalue weighted by atomic mass is 35.5. The second kappa shape index (κ2) is 13.1. The number of thiophene rings is 1. The molecule has 1 atom stereocenters.